The molecule has 0 amide bonds. The zero-order chi connectivity index (χ0) is 19.5. The number of hydrogen-bond donors (Lipinski definition) is 1. The highest BCUT2D eigenvalue weighted by Gasteiger charge is 2.27. The van der Waals surface area contributed by atoms with Gasteiger partial charge >= 0.3 is 0 Å². The van der Waals surface area contributed by atoms with E-state index in [1.807, 2.05) is 36.4 Å². The number of oxime groups is 1. The Kier molecular flexibility index (Phi) is 5.62. The molecule has 4 rings (SSSR count). The van der Waals surface area contributed by atoms with Crippen LogP contribution in [-0.4, -0.2) is 22.5 Å². The molecule has 1 N–H and O–H groups in total. The number of ketones is 2. The highest BCUT2D eigenvalue weighted by Crippen LogP contribution is 2.32. The maximum atomic E-state index is 12.4. The predicted molar refractivity (Wildman–Crippen MR) is 110 cm³/mol. The van der Waals surface area contributed by atoms with Crippen molar-refractivity contribution in [3.8, 4) is 0 Å². The monoisotopic (exact) mass is 393 g/mol. The Hall–Kier alpha value is -2.40. The van der Waals surface area contributed by atoms with Crippen LogP contribution in [0.25, 0.3) is 0 Å². The van der Waals surface area contributed by atoms with Crippen LogP contribution in [0.3, 0.4) is 0 Å². The lowest BCUT2D eigenvalue weighted by atomic mass is 9.97. The molecule has 0 heterocycles. The van der Waals surface area contributed by atoms with E-state index in [9.17, 15) is 9.59 Å². The summed E-state index contributed by atoms with van der Waals surface area (Å²) in [4.78, 5) is 26.5. The van der Waals surface area contributed by atoms with Crippen LogP contribution < -0.4 is 0 Å². The lowest BCUT2D eigenvalue weighted by Gasteiger charge is -2.08. The highest BCUT2D eigenvalue weighted by atomic mass is 32.2. The van der Waals surface area contributed by atoms with Crippen molar-refractivity contribution in [2.45, 2.75) is 54.7 Å². The molecule has 0 bridgehead atoms. The van der Waals surface area contributed by atoms with Gasteiger partial charge in [-0.2, -0.15) is 0 Å². The molecule has 4 nitrogen and oxygen atoms in total. The van der Waals surface area contributed by atoms with Gasteiger partial charge in [0.2, 0.25) is 5.78 Å². The summed E-state index contributed by atoms with van der Waals surface area (Å²) in [5, 5.41) is 12.0. The van der Waals surface area contributed by atoms with Gasteiger partial charge in [0, 0.05) is 33.8 Å². The van der Waals surface area contributed by atoms with Crippen LogP contribution in [0.2, 0.25) is 0 Å². The molecule has 2 aromatic rings. The molecular formula is C23H23NO3S. The van der Waals surface area contributed by atoms with Crippen molar-refractivity contribution in [2.75, 3.05) is 0 Å². The number of nitrogens with zero attached hydrogens (tertiary/aromatic N) is 1. The van der Waals surface area contributed by atoms with E-state index in [0.29, 0.717) is 18.4 Å². The molecule has 2 aromatic carbocycles. The first-order chi connectivity index (χ1) is 13.6. The molecule has 5 heteroatoms. The summed E-state index contributed by atoms with van der Waals surface area (Å²) in [6, 6.07) is 13.4. The van der Waals surface area contributed by atoms with E-state index >= 15 is 0 Å². The molecule has 2 aliphatic carbocycles. The van der Waals surface area contributed by atoms with Crippen LogP contribution in [0.4, 0.5) is 0 Å². The summed E-state index contributed by atoms with van der Waals surface area (Å²) in [7, 11) is 0. The van der Waals surface area contributed by atoms with E-state index in [2.05, 4.69) is 5.16 Å². The highest BCUT2D eigenvalue weighted by molar-refractivity contribution is 7.99. The number of carbonyl (C=O) groups excluding carboxylic acids is 2. The standard InChI is InChI=1S/C23H23NO3S/c25-22(12-5-15-3-1-2-4-15)16-6-8-18(9-7-16)28-19-10-11-20-17(13-19)14-21(24-27)23(20)26/h6-11,13,15,27H,1-5,12,14H2/b24-21-. The lowest BCUT2D eigenvalue weighted by molar-refractivity contribution is 0.0973. The van der Waals surface area contributed by atoms with Gasteiger partial charge < -0.3 is 5.21 Å². The minimum absolute atomic E-state index is 0.192. The van der Waals surface area contributed by atoms with Crippen LogP contribution in [0.5, 0.6) is 0 Å². The molecule has 0 radical (unpaired) electrons. The van der Waals surface area contributed by atoms with Gasteiger partial charge in [-0.15, -0.1) is 0 Å². The van der Waals surface area contributed by atoms with Gasteiger partial charge in [0.25, 0.3) is 0 Å². The molecule has 0 saturated heterocycles. The number of Topliss-reactive ketones (excluding diaryl/α,β-unsaturated/α-hetero) is 2. The number of hydrogen-bond acceptors (Lipinski definition) is 5. The summed E-state index contributed by atoms with van der Waals surface area (Å²) < 4.78 is 0. The van der Waals surface area contributed by atoms with E-state index in [0.717, 1.165) is 33.3 Å². The third-order valence-electron chi connectivity index (χ3n) is 5.73. The molecule has 2 aliphatic rings. The van der Waals surface area contributed by atoms with E-state index in [4.69, 9.17) is 5.21 Å². The van der Waals surface area contributed by atoms with Crippen molar-refractivity contribution in [1.29, 1.82) is 0 Å². The van der Waals surface area contributed by atoms with Crippen molar-refractivity contribution in [3.63, 3.8) is 0 Å². The molecule has 1 saturated carbocycles. The molecule has 0 aromatic heterocycles. The van der Waals surface area contributed by atoms with Gasteiger partial charge in [-0.1, -0.05) is 54.7 Å². The Morgan fingerprint density at radius 3 is 2.50 bits per heavy atom. The van der Waals surface area contributed by atoms with E-state index in [-0.39, 0.29) is 17.3 Å². The Morgan fingerprint density at radius 2 is 1.79 bits per heavy atom. The maximum Gasteiger partial charge on any atom is 0.211 e. The second-order valence-corrected chi connectivity index (χ2v) is 8.76. The Balaban J connectivity index is 1.38. The number of carbonyl (C=O) groups is 2. The molecular weight excluding hydrogens is 370 g/mol. The van der Waals surface area contributed by atoms with Gasteiger partial charge in [0.05, 0.1) is 0 Å². The third kappa shape index (κ3) is 4.04. The molecule has 0 spiro atoms. The first-order valence-corrected chi connectivity index (χ1v) is 10.7. The molecule has 144 valence electrons. The average Bonchev–Trinajstić information content (AvgIpc) is 3.34. The lowest BCUT2D eigenvalue weighted by Crippen LogP contribution is -2.06. The Labute approximate surface area is 169 Å². The summed E-state index contributed by atoms with van der Waals surface area (Å²) in [6.07, 6.45) is 7.22. The molecule has 0 unspecified atom stereocenters. The predicted octanol–water partition coefficient (Wildman–Crippen LogP) is 5.56. The first-order valence-electron chi connectivity index (χ1n) is 9.83. The van der Waals surface area contributed by atoms with Crippen LogP contribution in [0.15, 0.2) is 57.4 Å². The molecule has 0 atom stereocenters. The van der Waals surface area contributed by atoms with Gasteiger partial charge in [-0.05, 0) is 48.2 Å². The van der Waals surface area contributed by atoms with E-state index in [1.165, 1.54) is 25.7 Å². The van der Waals surface area contributed by atoms with Gasteiger partial charge in [0.1, 0.15) is 5.71 Å². The summed E-state index contributed by atoms with van der Waals surface area (Å²) in [5.41, 5.74) is 2.48. The fourth-order valence-electron chi connectivity index (χ4n) is 4.12. The number of rotatable bonds is 6. The molecule has 1 fully saturated rings. The SMILES string of the molecule is O=C(CCC1CCCC1)c1ccc(Sc2ccc3c(c2)C/C(=N/O)C3=O)cc1. The van der Waals surface area contributed by atoms with Crippen LogP contribution >= 0.6 is 11.8 Å². The zero-order valence-corrected chi connectivity index (χ0v) is 16.5. The number of benzene rings is 2. The van der Waals surface area contributed by atoms with Gasteiger partial charge in [-0.25, -0.2) is 0 Å². The number of fused-ring (bicyclic) bond motifs is 1. The molecule has 28 heavy (non-hydrogen) atoms. The maximum absolute atomic E-state index is 12.4. The van der Waals surface area contributed by atoms with Crippen molar-refractivity contribution in [2.24, 2.45) is 11.1 Å². The van der Waals surface area contributed by atoms with Crippen molar-refractivity contribution >= 4 is 29.0 Å². The first kappa shape index (κ1) is 18.9. The summed E-state index contributed by atoms with van der Waals surface area (Å²) in [6.45, 7) is 0. The minimum Gasteiger partial charge on any atom is -0.411 e. The fourth-order valence-corrected chi connectivity index (χ4v) is 5.00. The van der Waals surface area contributed by atoms with E-state index in [1.54, 1.807) is 17.8 Å². The smallest absolute Gasteiger partial charge is 0.211 e. The van der Waals surface area contributed by atoms with Crippen LogP contribution in [0.1, 0.15) is 64.8 Å². The zero-order valence-electron chi connectivity index (χ0n) is 15.7. The topological polar surface area (TPSA) is 66.7 Å². The van der Waals surface area contributed by atoms with Crippen molar-refractivity contribution < 1.29 is 14.8 Å². The third-order valence-corrected chi connectivity index (χ3v) is 6.73. The second-order valence-electron chi connectivity index (χ2n) is 7.61. The van der Waals surface area contributed by atoms with E-state index < -0.39 is 0 Å². The van der Waals surface area contributed by atoms with Crippen LogP contribution in [-0.2, 0) is 6.42 Å². The fraction of sp³-hybridized carbons (Fsp3) is 0.348. The second kappa shape index (κ2) is 8.31. The molecule has 0 aliphatic heterocycles. The average molecular weight is 394 g/mol. The van der Waals surface area contributed by atoms with Crippen molar-refractivity contribution in [1.82, 2.24) is 0 Å². The largest absolute Gasteiger partial charge is 0.411 e. The quantitative estimate of drug-likeness (QED) is 0.396. The van der Waals surface area contributed by atoms with Gasteiger partial charge in [0.15, 0.2) is 5.78 Å². The van der Waals surface area contributed by atoms with Crippen molar-refractivity contribution in [3.05, 3.63) is 59.2 Å². The Bertz CT molecular complexity index is 927. The minimum atomic E-state index is -0.200. The Morgan fingerprint density at radius 1 is 1.07 bits per heavy atom. The van der Waals surface area contributed by atoms with Gasteiger partial charge in [-0.3, -0.25) is 9.59 Å². The van der Waals surface area contributed by atoms with Crippen LogP contribution in [0, 0.1) is 5.92 Å². The summed E-state index contributed by atoms with van der Waals surface area (Å²) >= 11 is 1.59. The normalized spacial score (nSPS) is 18.0. The summed E-state index contributed by atoms with van der Waals surface area (Å²) in [5.74, 6) is 0.770.